The van der Waals surface area contributed by atoms with Crippen LogP contribution in [0.15, 0.2) is 36.4 Å². The van der Waals surface area contributed by atoms with Crippen molar-refractivity contribution in [2.45, 2.75) is 13.3 Å². The van der Waals surface area contributed by atoms with Gasteiger partial charge in [-0.3, -0.25) is 0 Å². The molecule has 5 heteroatoms. The highest BCUT2D eigenvalue weighted by Gasteiger charge is 2.28. The van der Waals surface area contributed by atoms with Crippen molar-refractivity contribution in [3.63, 3.8) is 0 Å². The number of para-hydroxylation sites is 2. The van der Waals surface area contributed by atoms with Gasteiger partial charge >= 0.3 is 0 Å². The number of benzene rings is 2. The summed E-state index contributed by atoms with van der Waals surface area (Å²) in [4.78, 5) is 7.14. The lowest BCUT2D eigenvalue weighted by Crippen LogP contribution is -2.14. The number of methoxy groups -OCH3 is 3. The third-order valence-electron chi connectivity index (χ3n) is 4.99. The van der Waals surface area contributed by atoms with Gasteiger partial charge in [0.05, 0.1) is 32.7 Å². The molecule has 0 bridgehead atoms. The van der Waals surface area contributed by atoms with Crippen LogP contribution >= 0.6 is 0 Å². The van der Waals surface area contributed by atoms with Gasteiger partial charge in [-0.15, -0.1) is 0 Å². The quantitative estimate of drug-likeness (QED) is 0.703. The first-order chi connectivity index (χ1) is 12.7. The molecular weight excluding hydrogens is 328 g/mol. The molecule has 4 rings (SSSR count). The van der Waals surface area contributed by atoms with Gasteiger partial charge in [-0.05, 0) is 37.1 Å². The van der Waals surface area contributed by atoms with Crippen LogP contribution in [0.3, 0.4) is 0 Å². The summed E-state index contributed by atoms with van der Waals surface area (Å²) in [5, 5.41) is 1.03. The second-order valence-corrected chi connectivity index (χ2v) is 6.32. The fourth-order valence-corrected chi connectivity index (χ4v) is 3.76. The number of aryl methyl sites for hydroxylation is 1. The molecule has 0 unspecified atom stereocenters. The monoisotopic (exact) mass is 350 g/mol. The Morgan fingerprint density at radius 2 is 1.73 bits per heavy atom. The van der Waals surface area contributed by atoms with Gasteiger partial charge in [-0.2, -0.15) is 0 Å². The first-order valence-corrected chi connectivity index (χ1v) is 8.63. The fraction of sp³-hybridized carbons (Fsp3) is 0.286. The molecule has 26 heavy (non-hydrogen) atoms. The van der Waals surface area contributed by atoms with E-state index in [1.54, 1.807) is 21.3 Å². The molecule has 5 nitrogen and oxygen atoms in total. The smallest absolute Gasteiger partial charge is 0.148 e. The molecule has 0 saturated carbocycles. The summed E-state index contributed by atoms with van der Waals surface area (Å²) in [6.45, 7) is 2.95. The SMILES string of the molecule is COc1cc(OC)c2nc(C)c3c(c2c1)N(c1ccccc1OC)CC3. The summed E-state index contributed by atoms with van der Waals surface area (Å²) in [5.41, 5.74) is 5.37. The molecule has 1 aliphatic heterocycles. The highest BCUT2D eigenvalue weighted by molar-refractivity contribution is 6.01. The average molecular weight is 350 g/mol. The van der Waals surface area contributed by atoms with Crippen molar-refractivity contribution < 1.29 is 14.2 Å². The second kappa shape index (κ2) is 6.41. The van der Waals surface area contributed by atoms with E-state index in [0.717, 1.165) is 58.2 Å². The van der Waals surface area contributed by atoms with Crippen molar-refractivity contribution in [1.82, 2.24) is 4.98 Å². The Hall–Kier alpha value is -2.95. The van der Waals surface area contributed by atoms with E-state index in [1.165, 1.54) is 5.56 Å². The number of ether oxygens (including phenoxy) is 3. The maximum absolute atomic E-state index is 5.60. The molecule has 134 valence electrons. The topological polar surface area (TPSA) is 43.8 Å². The first kappa shape index (κ1) is 16.5. The van der Waals surface area contributed by atoms with Gasteiger partial charge in [0.15, 0.2) is 0 Å². The van der Waals surface area contributed by atoms with Crippen LogP contribution in [0.25, 0.3) is 10.9 Å². The second-order valence-electron chi connectivity index (χ2n) is 6.32. The first-order valence-electron chi connectivity index (χ1n) is 8.63. The molecule has 0 N–H and O–H groups in total. The van der Waals surface area contributed by atoms with Gasteiger partial charge in [-0.25, -0.2) is 4.98 Å². The average Bonchev–Trinajstić information content (AvgIpc) is 3.13. The van der Waals surface area contributed by atoms with Crippen LogP contribution in [0.5, 0.6) is 17.2 Å². The number of nitrogens with zero attached hydrogens (tertiary/aromatic N) is 2. The molecule has 2 aromatic carbocycles. The van der Waals surface area contributed by atoms with Crippen molar-refractivity contribution in [2.75, 3.05) is 32.8 Å². The van der Waals surface area contributed by atoms with E-state index < -0.39 is 0 Å². The van der Waals surface area contributed by atoms with Crippen LogP contribution in [-0.4, -0.2) is 32.9 Å². The van der Waals surface area contributed by atoms with E-state index in [1.807, 2.05) is 30.3 Å². The Balaban J connectivity index is 2.03. The summed E-state index contributed by atoms with van der Waals surface area (Å²) in [7, 11) is 5.04. The molecule has 2 heterocycles. The van der Waals surface area contributed by atoms with E-state index in [2.05, 4.69) is 17.9 Å². The number of rotatable bonds is 4. The third-order valence-corrected chi connectivity index (χ3v) is 4.99. The molecule has 3 aromatic rings. The van der Waals surface area contributed by atoms with E-state index in [0.29, 0.717) is 0 Å². The molecule has 1 aromatic heterocycles. The van der Waals surface area contributed by atoms with E-state index >= 15 is 0 Å². The lowest BCUT2D eigenvalue weighted by Gasteiger charge is -2.24. The number of pyridine rings is 1. The van der Waals surface area contributed by atoms with Crippen molar-refractivity contribution in [3.8, 4) is 17.2 Å². The van der Waals surface area contributed by atoms with Crippen LogP contribution in [0.2, 0.25) is 0 Å². The van der Waals surface area contributed by atoms with Crippen LogP contribution in [-0.2, 0) is 6.42 Å². The lowest BCUT2D eigenvalue weighted by molar-refractivity contribution is 0.397. The summed E-state index contributed by atoms with van der Waals surface area (Å²) < 4.78 is 16.7. The minimum Gasteiger partial charge on any atom is -0.497 e. The van der Waals surface area contributed by atoms with Gasteiger partial charge in [0, 0.05) is 23.7 Å². The molecule has 1 aliphatic rings. The Bertz CT molecular complexity index is 985. The summed E-state index contributed by atoms with van der Waals surface area (Å²) in [5.74, 6) is 2.34. The highest BCUT2D eigenvalue weighted by Crippen LogP contribution is 2.46. The maximum Gasteiger partial charge on any atom is 0.148 e. The third kappa shape index (κ3) is 2.43. The standard InChI is InChI=1S/C21H22N2O3/c1-13-15-9-10-23(17-7-5-6-8-18(17)25-3)21(15)16-11-14(24-2)12-19(26-4)20(16)22-13/h5-8,11-12H,9-10H2,1-4H3. The number of aromatic nitrogens is 1. The summed E-state index contributed by atoms with van der Waals surface area (Å²) in [6, 6.07) is 12.0. The van der Waals surface area contributed by atoms with Gasteiger partial charge in [-0.1, -0.05) is 12.1 Å². The molecule has 0 atom stereocenters. The minimum absolute atomic E-state index is 0.720. The fourth-order valence-electron chi connectivity index (χ4n) is 3.76. The van der Waals surface area contributed by atoms with Crippen molar-refractivity contribution in [1.29, 1.82) is 0 Å². The van der Waals surface area contributed by atoms with Crippen LogP contribution < -0.4 is 19.1 Å². The van der Waals surface area contributed by atoms with E-state index in [4.69, 9.17) is 19.2 Å². The van der Waals surface area contributed by atoms with Crippen LogP contribution in [0.1, 0.15) is 11.3 Å². The molecule has 0 fully saturated rings. The Labute approximate surface area is 153 Å². The minimum atomic E-state index is 0.720. The lowest BCUT2D eigenvalue weighted by atomic mass is 10.1. The summed E-state index contributed by atoms with van der Waals surface area (Å²) in [6.07, 6.45) is 0.946. The molecule has 0 radical (unpaired) electrons. The number of hydrogen-bond donors (Lipinski definition) is 0. The Morgan fingerprint density at radius 1 is 0.962 bits per heavy atom. The zero-order valence-corrected chi connectivity index (χ0v) is 15.5. The Kier molecular flexibility index (Phi) is 4.07. The predicted molar refractivity (Wildman–Crippen MR) is 103 cm³/mol. The Morgan fingerprint density at radius 3 is 2.46 bits per heavy atom. The molecule has 0 spiro atoms. The highest BCUT2D eigenvalue weighted by atomic mass is 16.5. The van der Waals surface area contributed by atoms with Gasteiger partial charge < -0.3 is 19.1 Å². The molecule has 0 aliphatic carbocycles. The maximum atomic E-state index is 5.60. The van der Waals surface area contributed by atoms with Gasteiger partial charge in [0.25, 0.3) is 0 Å². The molecule has 0 saturated heterocycles. The van der Waals surface area contributed by atoms with Crippen LogP contribution in [0, 0.1) is 6.92 Å². The number of hydrogen-bond acceptors (Lipinski definition) is 5. The zero-order valence-electron chi connectivity index (χ0n) is 15.5. The normalized spacial score (nSPS) is 13.0. The number of anilines is 2. The largest absolute Gasteiger partial charge is 0.497 e. The summed E-state index contributed by atoms with van der Waals surface area (Å²) >= 11 is 0. The van der Waals surface area contributed by atoms with E-state index in [-0.39, 0.29) is 0 Å². The molecular formula is C21H22N2O3. The van der Waals surface area contributed by atoms with Gasteiger partial charge in [0.2, 0.25) is 0 Å². The number of fused-ring (bicyclic) bond motifs is 3. The van der Waals surface area contributed by atoms with Gasteiger partial charge in [0.1, 0.15) is 22.8 Å². The van der Waals surface area contributed by atoms with Crippen LogP contribution in [0.4, 0.5) is 11.4 Å². The van der Waals surface area contributed by atoms with Crippen molar-refractivity contribution in [3.05, 3.63) is 47.7 Å². The van der Waals surface area contributed by atoms with Crippen molar-refractivity contribution >= 4 is 22.3 Å². The van der Waals surface area contributed by atoms with E-state index in [9.17, 15) is 0 Å². The predicted octanol–water partition coefficient (Wildman–Crippen LogP) is 4.26. The zero-order chi connectivity index (χ0) is 18.3. The molecule has 0 amide bonds. The van der Waals surface area contributed by atoms with Crippen molar-refractivity contribution in [2.24, 2.45) is 0 Å².